The van der Waals surface area contributed by atoms with Crippen molar-refractivity contribution >= 4 is 29.7 Å². The standard InChI is InChI=1S/C21H26NO5P/c1-4-26-21(24)20(16(2)3)22-27-19(23)15-28(25,17-11-7-5-8-12-17)18-13-9-6-10-14-18/h5-14,16,20,22H,4,15H2,1-3H3. The topological polar surface area (TPSA) is 81.7 Å². The van der Waals surface area contributed by atoms with Gasteiger partial charge < -0.3 is 14.1 Å². The minimum Gasteiger partial charge on any atom is -0.465 e. The highest BCUT2D eigenvalue weighted by Gasteiger charge is 2.32. The summed E-state index contributed by atoms with van der Waals surface area (Å²) in [5, 5.41) is 1.15. The molecule has 0 aromatic heterocycles. The average Bonchev–Trinajstić information content (AvgIpc) is 2.69. The molecule has 0 aliphatic rings. The number of hydroxylamine groups is 1. The lowest BCUT2D eigenvalue weighted by Gasteiger charge is -2.21. The van der Waals surface area contributed by atoms with Gasteiger partial charge in [0.05, 0.1) is 6.61 Å². The summed E-state index contributed by atoms with van der Waals surface area (Å²) in [6.45, 7) is 5.55. The number of carbonyl (C=O) groups excluding carboxylic acids is 2. The number of hydrogen-bond acceptors (Lipinski definition) is 6. The molecule has 0 saturated carbocycles. The molecule has 2 aromatic carbocycles. The molecule has 0 saturated heterocycles. The van der Waals surface area contributed by atoms with Crippen LogP contribution in [0.25, 0.3) is 0 Å². The lowest BCUT2D eigenvalue weighted by Crippen LogP contribution is -2.43. The third kappa shape index (κ3) is 5.54. The normalized spacial score (nSPS) is 12.4. The van der Waals surface area contributed by atoms with Crippen molar-refractivity contribution in [2.75, 3.05) is 12.8 Å². The monoisotopic (exact) mass is 403 g/mol. The molecule has 150 valence electrons. The van der Waals surface area contributed by atoms with Crippen LogP contribution in [0.4, 0.5) is 0 Å². The second kappa shape index (κ2) is 10.2. The largest absolute Gasteiger partial charge is 0.465 e. The molecule has 0 fully saturated rings. The van der Waals surface area contributed by atoms with E-state index in [1.165, 1.54) is 0 Å². The molecule has 0 heterocycles. The summed E-state index contributed by atoms with van der Waals surface area (Å²) in [5.41, 5.74) is 2.48. The first kappa shape index (κ1) is 21.9. The zero-order valence-corrected chi connectivity index (χ0v) is 17.2. The van der Waals surface area contributed by atoms with Crippen LogP contribution in [0.15, 0.2) is 60.7 Å². The number of rotatable bonds is 9. The smallest absolute Gasteiger partial charge is 0.332 e. The Balaban J connectivity index is 2.18. The summed E-state index contributed by atoms with van der Waals surface area (Å²) in [6.07, 6.45) is -0.318. The van der Waals surface area contributed by atoms with Gasteiger partial charge in [0.1, 0.15) is 12.2 Å². The molecule has 6 nitrogen and oxygen atoms in total. The minimum atomic E-state index is -3.23. The lowest BCUT2D eigenvalue weighted by molar-refractivity contribution is -0.160. The first-order valence-corrected chi connectivity index (χ1v) is 11.1. The van der Waals surface area contributed by atoms with E-state index in [9.17, 15) is 14.2 Å². The Labute approximate surface area is 165 Å². The Bertz CT molecular complexity index is 780. The van der Waals surface area contributed by atoms with Crippen molar-refractivity contribution in [3.8, 4) is 0 Å². The van der Waals surface area contributed by atoms with Crippen LogP contribution in [0.3, 0.4) is 0 Å². The second-order valence-electron chi connectivity index (χ2n) is 6.63. The average molecular weight is 403 g/mol. The second-order valence-corrected chi connectivity index (χ2v) is 9.46. The first-order chi connectivity index (χ1) is 13.4. The van der Waals surface area contributed by atoms with Crippen LogP contribution in [0.2, 0.25) is 0 Å². The molecule has 1 N–H and O–H groups in total. The molecule has 0 radical (unpaired) electrons. The molecular formula is C21H26NO5P. The van der Waals surface area contributed by atoms with Crippen LogP contribution in [-0.2, 0) is 23.7 Å². The lowest BCUT2D eigenvalue weighted by atomic mass is 10.1. The van der Waals surface area contributed by atoms with E-state index < -0.39 is 25.1 Å². The molecule has 2 aromatic rings. The van der Waals surface area contributed by atoms with Crippen molar-refractivity contribution in [3.05, 3.63) is 60.7 Å². The van der Waals surface area contributed by atoms with Crippen LogP contribution in [0.1, 0.15) is 20.8 Å². The third-order valence-corrected chi connectivity index (χ3v) is 7.17. The zero-order chi connectivity index (χ0) is 20.6. The van der Waals surface area contributed by atoms with Gasteiger partial charge in [-0.05, 0) is 12.8 Å². The molecule has 7 heteroatoms. The van der Waals surface area contributed by atoms with Gasteiger partial charge in [0.2, 0.25) is 0 Å². The van der Waals surface area contributed by atoms with Gasteiger partial charge in [-0.2, -0.15) is 0 Å². The maximum absolute atomic E-state index is 13.8. The van der Waals surface area contributed by atoms with Gasteiger partial charge in [0.15, 0.2) is 7.14 Å². The molecular weight excluding hydrogens is 377 g/mol. The van der Waals surface area contributed by atoms with Gasteiger partial charge in [-0.15, -0.1) is 5.48 Å². The van der Waals surface area contributed by atoms with Crippen LogP contribution in [0, 0.1) is 5.92 Å². The van der Waals surface area contributed by atoms with Crippen molar-refractivity contribution in [2.24, 2.45) is 5.92 Å². The van der Waals surface area contributed by atoms with Gasteiger partial charge in [0, 0.05) is 10.6 Å². The summed E-state index contributed by atoms with van der Waals surface area (Å²) in [5.74, 6) is -1.35. The fourth-order valence-corrected chi connectivity index (χ4v) is 5.10. The molecule has 0 aliphatic heterocycles. The highest BCUT2D eigenvalue weighted by molar-refractivity contribution is 7.79. The fraction of sp³-hybridized carbons (Fsp3) is 0.333. The SMILES string of the molecule is CCOC(=O)C(NOC(=O)CP(=O)(c1ccccc1)c1ccccc1)C(C)C. The van der Waals surface area contributed by atoms with Gasteiger partial charge >= 0.3 is 11.9 Å². The Hall–Kier alpha value is -2.43. The molecule has 1 unspecified atom stereocenters. The van der Waals surface area contributed by atoms with E-state index in [0.717, 1.165) is 0 Å². The van der Waals surface area contributed by atoms with Gasteiger partial charge in [-0.1, -0.05) is 74.5 Å². The number of ether oxygens (including phenoxy) is 1. The fourth-order valence-electron chi connectivity index (χ4n) is 2.70. The van der Waals surface area contributed by atoms with E-state index in [1.807, 2.05) is 12.1 Å². The van der Waals surface area contributed by atoms with E-state index in [4.69, 9.17) is 9.57 Å². The highest BCUT2D eigenvalue weighted by atomic mass is 31.2. The summed E-state index contributed by atoms with van der Waals surface area (Å²) >= 11 is 0. The maximum Gasteiger partial charge on any atom is 0.332 e. The minimum absolute atomic E-state index is 0.151. The summed E-state index contributed by atoms with van der Waals surface area (Å²) in [4.78, 5) is 29.6. The zero-order valence-electron chi connectivity index (χ0n) is 16.3. The van der Waals surface area contributed by atoms with Crippen LogP contribution >= 0.6 is 7.14 Å². The van der Waals surface area contributed by atoms with Crippen molar-refractivity contribution < 1.29 is 23.7 Å². The van der Waals surface area contributed by atoms with E-state index in [-0.39, 0.29) is 18.7 Å². The summed E-state index contributed by atoms with van der Waals surface area (Å²) in [6, 6.07) is 16.9. The molecule has 0 amide bonds. The Morgan fingerprint density at radius 2 is 1.46 bits per heavy atom. The number of carbonyl (C=O) groups is 2. The quantitative estimate of drug-likeness (QED) is 0.394. The molecule has 0 aliphatic carbocycles. The molecule has 2 rings (SSSR count). The third-order valence-electron chi connectivity index (χ3n) is 4.21. The number of hydrogen-bond donors (Lipinski definition) is 1. The Morgan fingerprint density at radius 3 is 1.89 bits per heavy atom. The summed E-state index contributed by atoms with van der Waals surface area (Å²) < 4.78 is 18.8. The van der Waals surface area contributed by atoms with E-state index in [1.54, 1.807) is 69.3 Å². The van der Waals surface area contributed by atoms with Crippen molar-refractivity contribution in [2.45, 2.75) is 26.8 Å². The van der Waals surface area contributed by atoms with Crippen molar-refractivity contribution in [3.63, 3.8) is 0 Å². The maximum atomic E-state index is 13.8. The predicted molar refractivity (Wildman–Crippen MR) is 109 cm³/mol. The Morgan fingerprint density at radius 1 is 0.964 bits per heavy atom. The van der Waals surface area contributed by atoms with Crippen molar-refractivity contribution in [1.82, 2.24) is 5.48 Å². The number of esters is 1. The molecule has 0 spiro atoms. The van der Waals surface area contributed by atoms with E-state index in [2.05, 4.69) is 5.48 Å². The first-order valence-electron chi connectivity index (χ1n) is 9.20. The number of benzene rings is 2. The van der Waals surface area contributed by atoms with Gasteiger partial charge in [-0.25, -0.2) is 4.79 Å². The van der Waals surface area contributed by atoms with E-state index in [0.29, 0.717) is 10.6 Å². The van der Waals surface area contributed by atoms with E-state index >= 15 is 0 Å². The van der Waals surface area contributed by atoms with Crippen LogP contribution in [-0.4, -0.2) is 30.7 Å². The summed E-state index contributed by atoms with van der Waals surface area (Å²) in [7, 11) is -3.23. The van der Waals surface area contributed by atoms with Crippen LogP contribution in [0.5, 0.6) is 0 Å². The molecule has 28 heavy (non-hydrogen) atoms. The van der Waals surface area contributed by atoms with Gasteiger partial charge in [-0.3, -0.25) is 4.79 Å². The van der Waals surface area contributed by atoms with Crippen LogP contribution < -0.4 is 16.1 Å². The predicted octanol–water partition coefficient (Wildman–Crippen LogP) is 2.64. The highest BCUT2D eigenvalue weighted by Crippen LogP contribution is 2.43. The Kier molecular flexibility index (Phi) is 7.97. The van der Waals surface area contributed by atoms with Crippen molar-refractivity contribution in [1.29, 1.82) is 0 Å². The molecule has 0 bridgehead atoms. The van der Waals surface area contributed by atoms with Gasteiger partial charge in [0.25, 0.3) is 0 Å². The number of nitrogens with one attached hydrogen (secondary N) is 1. The molecule has 1 atom stereocenters.